The Kier molecular flexibility index (Phi) is 3.37. The van der Waals surface area contributed by atoms with Gasteiger partial charge in [0.15, 0.2) is 0 Å². The SMILES string of the molecule is Oc1ccccc1CNc1ccccc1-n1ccnc1. The summed E-state index contributed by atoms with van der Waals surface area (Å²) in [6.45, 7) is 0.568. The van der Waals surface area contributed by atoms with Gasteiger partial charge >= 0.3 is 0 Å². The number of nitrogens with one attached hydrogen (secondary N) is 1. The number of benzene rings is 2. The summed E-state index contributed by atoms with van der Waals surface area (Å²) in [4.78, 5) is 4.07. The molecule has 0 aliphatic heterocycles. The molecule has 100 valence electrons. The van der Waals surface area contributed by atoms with Crippen LogP contribution in [0.4, 0.5) is 5.69 Å². The van der Waals surface area contributed by atoms with Crippen LogP contribution in [0.2, 0.25) is 0 Å². The minimum Gasteiger partial charge on any atom is -0.508 e. The fourth-order valence-electron chi connectivity index (χ4n) is 2.10. The van der Waals surface area contributed by atoms with E-state index in [4.69, 9.17) is 0 Å². The van der Waals surface area contributed by atoms with E-state index in [0.29, 0.717) is 12.3 Å². The van der Waals surface area contributed by atoms with Crippen LogP contribution in [-0.4, -0.2) is 14.7 Å². The van der Waals surface area contributed by atoms with Gasteiger partial charge in [-0.2, -0.15) is 0 Å². The van der Waals surface area contributed by atoms with E-state index in [1.54, 1.807) is 18.6 Å². The van der Waals surface area contributed by atoms with Crippen LogP contribution in [0, 0.1) is 0 Å². The van der Waals surface area contributed by atoms with E-state index in [2.05, 4.69) is 10.3 Å². The topological polar surface area (TPSA) is 50.1 Å². The molecule has 0 saturated heterocycles. The van der Waals surface area contributed by atoms with Crippen molar-refractivity contribution in [3.05, 3.63) is 72.8 Å². The van der Waals surface area contributed by atoms with Gasteiger partial charge in [0.2, 0.25) is 0 Å². The number of anilines is 1. The van der Waals surface area contributed by atoms with E-state index in [1.807, 2.05) is 53.2 Å². The Bertz CT molecular complexity index is 692. The molecule has 20 heavy (non-hydrogen) atoms. The standard InChI is InChI=1S/C16H15N3O/c20-16-8-4-1-5-13(16)11-18-14-6-2-3-7-15(14)19-10-9-17-12-19/h1-10,12,18,20H,11H2. The molecule has 1 heterocycles. The Morgan fingerprint density at radius 1 is 1.05 bits per heavy atom. The number of hydrogen-bond acceptors (Lipinski definition) is 3. The third kappa shape index (κ3) is 2.49. The van der Waals surface area contributed by atoms with Crippen molar-refractivity contribution in [1.29, 1.82) is 0 Å². The predicted octanol–water partition coefficient (Wildman–Crippen LogP) is 3.19. The van der Waals surface area contributed by atoms with E-state index in [1.165, 1.54) is 0 Å². The Hall–Kier alpha value is -2.75. The first-order chi connectivity index (χ1) is 9.84. The lowest BCUT2D eigenvalue weighted by atomic mass is 10.2. The second-order valence-electron chi connectivity index (χ2n) is 4.47. The number of rotatable bonds is 4. The monoisotopic (exact) mass is 265 g/mol. The molecule has 4 nitrogen and oxygen atoms in total. The van der Waals surface area contributed by atoms with Gasteiger partial charge in [0.1, 0.15) is 5.75 Å². The van der Waals surface area contributed by atoms with E-state index in [9.17, 15) is 5.11 Å². The van der Waals surface area contributed by atoms with Gasteiger partial charge in [-0.1, -0.05) is 30.3 Å². The number of aromatic nitrogens is 2. The van der Waals surface area contributed by atoms with Crippen LogP contribution in [0.15, 0.2) is 67.3 Å². The van der Waals surface area contributed by atoms with Gasteiger partial charge in [-0.05, 0) is 18.2 Å². The van der Waals surface area contributed by atoms with Gasteiger partial charge in [0.25, 0.3) is 0 Å². The van der Waals surface area contributed by atoms with E-state index in [-0.39, 0.29) is 0 Å². The van der Waals surface area contributed by atoms with Crippen molar-refractivity contribution in [3.8, 4) is 11.4 Å². The van der Waals surface area contributed by atoms with Crippen molar-refractivity contribution in [3.63, 3.8) is 0 Å². The summed E-state index contributed by atoms with van der Waals surface area (Å²) >= 11 is 0. The largest absolute Gasteiger partial charge is 0.508 e. The lowest BCUT2D eigenvalue weighted by Gasteiger charge is -2.13. The Balaban J connectivity index is 1.84. The lowest BCUT2D eigenvalue weighted by Crippen LogP contribution is -2.03. The molecule has 0 unspecified atom stereocenters. The minimum atomic E-state index is 0.306. The highest BCUT2D eigenvalue weighted by atomic mass is 16.3. The molecule has 2 aromatic carbocycles. The second kappa shape index (κ2) is 5.48. The number of imidazole rings is 1. The number of phenolic OH excluding ortho intramolecular Hbond substituents is 1. The summed E-state index contributed by atoms with van der Waals surface area (Å²) in [5.74, 6) is 0.306. The van der Waals surface area contributed by atoms with E-state index < -0.39 is 0 Å². The predicted molar refractivity (Wildman–Crippen MR) is 79.0 cm³/mol. The van der Waals surface area contributed by atoms with Crippen LogP contribution < -0.4 is 5.32 Å². The first-order valence-corrected chi connectivity index (χ1v) is 6.43. The molecule has 4 heteroatoms. The molecule has 1 aromatic heterocycles. The summed E-state index contributed by atoms with van der Waals surface area (Å²) in [7, 11) is 0. The van der Waals surface area contributed by atoms with Crippen LogP contribution in [0.3, 0.4) is 0 Å². The molecule has 0 atom stereocenters. The van der Waals surface area contributed by atoms with Gasteiger partial charge in [0.05, 0.1) is 17.7 Å². The van der Waals surface area contributed by atoms with Crippen molar-refractivity contribution in [1.82, 2.24) is 9.55 Å². The molecule has 0 fully saturated rings. The van der Waals surface area contributed by atoms with Crippen molar-refractivity contribution in [2.45, 2.75) is 6.54 Å². The number of nitrogens with zero attached hydrogens (tertiary/aromatic N) is 2. The van der Waals surface area contributed by atoms with Crippen molar-refractivity contribution >= 4 is 5.69 Å². The Morgan fingerprint density at radius 3 is 2.65 bits per heavy atom. The minimum absolute atomic E-state index is 0.306. The molecule has 0 amide bonds. The van der Waals surface area contributed by atoms with Crippen LogP contribution in [0.5, 0.6) is 5.75 Å². The number of para-hydroxylation sites is 3. The second-order valence-corrected chi connectivity index (χ2v) is 4.47. The molecule has 3 rings (SSSR count). The van der Waals surface area contributed by atoms with Crippen LogP contribution in [0.25, 0.3) is 5.69 Å². The maximum atomic E-state index is 9.79. The number of hydrogen-bond donors (Lipinski definition) is 2. The van der Waals surface area contributed by atoms with Gasteiger partial charge in [-0.3, -0.25) is 0 Å². The summed E-state index contributed by atoms with van der Waals surface area (Å²) in [6.07, 6.45) is 5.42. The average molecular weight is 265 g/mol. The Labute approximate surface area is 117 Å². The van der Waals surface area contributed by atoms with Gasteiger partial charge in [0, 0.05) is 24.5 Å². The number of phenols is 1. The molecule has 0 aliphatic rings. The fraction of sp³-hybridized carbons (Fsp3) is 0.0625. The molecule has 0 bridgehead atoms. The highest BCUT2D eigenvalue weighted by molar-refractivity contribution is 5.61. The van der Waals surface area contributed by atoms with Crippen molar-refractivity contribution < 1.29 is 5.11 Å². The summed E-state index contributed by atoms with van der Waals surface area (Å²) in [6, 6.07) is 15.3. The van der Waals surface area contributed by atoms with E-state index in [0.717, 1.165) is 16.9 Å². The normalized spacial score (nSPS) is 10.4. The molecular formula is C16H15N3O. The zero-order valence-corrected chi connectivity index (χ0v) is 10.9. The van der Waals surface area contributed by atoms with Gasteiger partial charge < -0.3 is 15.0 Å². The summed E-state index contributed by atoms with van der Waals surface area (Å²) in [5, 5.41) is 13.1. The third-order valence-electron chi connectivity index (χ3n) is 3.15. The van der Waals surface area contributed by atoms with Crippen LogP contribution in [-0.2, 0) is 6.54 Å². The molecular weight excluding hydrogens is 250 g/mol. The van der Waals surface area contributed by atoms with Crippen LogP contribution in [0.1, 0.15) is 5.56 Å². The fourth-order valence-corrected chi connectivity index (χ4v) is 2.10. The summed E-state index contributed by atoms with van der Waals surface area (Å²) in [5.41, 5.74) is 2.89. The molecule has 3 aromatic rings. The quantitative estimate of drug-likeness (QED) is 0.761. The maximum Gasteiger partial charge on any atom is 0.120 e. The summed E-state index contributed by atoms with van der Waals surface area (Å²) < 4.78 is 1.95. The van der Waals surface area contributed by atoms with Gasteiger partial charge in [-0.15, -0.1) is 0 Å². The molecule has 0 spiro atoms. The number of aromatic hydroxyl groups is 1. The highest BCUT2D eigenvalue weighted by Crippen LogP contribution is 2.22. The van der Waals surface area contributed by atoms with Crippen LogP contribution >= 0.6 is 0 Å². The van der Waals surface area contributed by atoms with Crippen molar-refractivity contribution in [2.75, 3.05) is 5.32 Å². The third-order valence-corrected chi connectivity index (χ3v) is 3.15. The zero-order valence-electron chi connectivity index (χ0n) is 10.9. The van der Waals surface area contributed by atoms with E-state index >= 15 is 0 Å². The maximum absolute atomic E-state index is 9.79. The molecule has 2 N–H and O–H groups in total. The Morgan fingerprint density at radius 2 is 1.85 bits per heavy atom. The first-order valence-electron chi connectivity index (χ1n) is 6.43. The highest BCUT2D eigenvalue weighted by Gasteiger charge is 2.04. The molecule has 0 aliphatic carbocycles. The first kappa shape index (κ1) is 12.3. The average Bonchev–Trinajstić information content (AvgIpc) is 3.01. The van der Waals surface area contributed by atoms with Crippen molar-refractivity contribution in [2.24, 2.45) is 0 Å². The lowest BCUT2D eigenvalue weighted by molar-refractivity contribution is 0.469. The molecule has 0 saturated carbocycles. The van der Waals surface area contributed by atoms with Gasteiger partial charge in [-0.25, -0.2) is 4.98 Å². The smallest absolute Gasteiger partial charge is 0.120 e. The zero-order chi connectivity index (χ0) is 13.8. The molecule has 0 radical (unpaired) electrons.